The third-order valence-corrected chi connectivity index (χ3v) is 4.47. The number of rotatable bonds is 5. The number of aromatic nitrogens is 2. The molecule has 1 unspecified atom stereocenters. The van der Waals surface area contributed by atoms with Gasteiger partial charge in [-0.2, -0.15) is 0 Å². The second kappa shape index (κ2) is 7.04. The average molecular weight is 294 g/mol. The zero-order valence-corrected chi connectivity index (χ0v) is 13.3. The van der Waals surface area contributed by atoms with E-state index < -0.39 is 0 Å². The Hall–Kier alpha value is -1.40. The molecule has 0 aromatic carbocycles. The molecule has 1 N–H and O–H groups in total. The Morgan fingerprint density at radius 3 is 2.71 bits per heavy atom. The zero-order valence-electron chi connectivity index (χ0n) is 13.3. The van der Waals surface area contributed by atoms with Gasteiger partial charge in [0.05, 0.1) is 0 Å². The summed E-state index contributed by atoms with van der Waals surface area (Å²) in [5.41, 5.74) is 0.331. The van der Waals surface area contributed by atoms with Crippen LogP contribution in [0.2, 0.25) is 0 Å². The van der Waals surface area contributed by atoms with E-state index in [1.807, 2.05) is 7.05 Å². The molecule has 1 aromatic rings. The van der Waals surface area contributed by atoms with E-state index in [-0.39, 0.29) is 11.2 Å². The van der Waals surface area contributed by atoms with Gasteiger partial charge in [-0.15, -0.1) is 0 Å². The van der Waals surface area contributed by atoms with Crippen molar-refractivity contribution in [2.45, 2.75) is 38.3 Å². The van der Waals surface area contributed by atoms with E-state index in [9.17, 15) is 9.59 Å². The fourth-order valence-corrected chi connectivity index (χ4v) is 3.04. The minimum atomic E-state index is -0.249. The predicted molar refractivity (Wildman–Crippen MR) is 83.5 cm³/mol. The van der Waals surface area contributed by atoms with E-state index in [0.29, 0.717) is 12.6 Å². The lowest BCUT2D eigenvalue weighted by Gasteiger charge is -2.36. The monoisotopic (exact) mass is 294 g/mol. The minimum absolute atomic E-state index is 0.225. The van der Waals surface area contributed by atoms with Crippen LogP contribution in [0.5, 0.6) is 0 Å². The van der Waals surface area contributed by atoms with Gasteiger partial charge in [0.1, 0.15) is 0 Å². The molecule has 6 heteroatoms. The van der Waals surface area contributed by atoms with Crippen LogP contribution in [0.4, 0.5) is 0 Å². The van der Waals surface area contributed by atoms with E-state index in [0.717, 1.165) is 29.8 Å². The Morgan fingerprint density at radius 1 is 1.24 bits per heavy atom. The van der Waals surface area contributed by atoms with Crippen molar-refractivity contribution in [3.63, 3.8) is 0 Å². The number of nitrogens with zero attached hydrogens (tertiary/aromatic N) is 3. The highest BCUT2D eigenvalue weighted by Crippen LogP contribution is 2.21. The number of piperidine rings is 1. The lowest BCUT2D eigenvalue weighted by molar-refractivity contribution is 0.129. The summed E-state index contributed by atoms with van der Waals surface area (Å²) in [5.74, 6) is 0. The molecule has 21 heavy (non-hydrogen) atoms. The first-order chi connectivity index (χ1) is 10.0. The minimum Gasteiger partial charge on any atom is -0.320 e. The Kier molecular flexibility index (Phi) is 5.36. The van der Waals surface area contributed by atoms with Crippen molar-refractivity contribution >= 4 is 0 Å². The molecule has 2 rings (SSSR count). The van der Waals surface area contributed by atoms with E-state index in [1.165, 1.54) is 26.3 Å². The van der Waals surface area contributed by atoms with Crippen molar-refractivity contribution in [1.29, 1.82) is 0 Å². The molecule has 0 aliphatic carbocycles. The molecule has 1 aliphatic rings. The van der Waals surface area contributed by atoms with Crippen LogP contribution in [0.25, 0.3) is 0 Å². The summed E-state index contributed by atoms with van der Waals surface area (Å²) in [6.45, 7) is 2.71. The van der Waals surface area contributed by atoms with Crippen molar-refractivity contribution in [3.8, 4) is 0 Å². The van der Waals surface area contributed by atoms with Gasteiger partial charge in [-0.3, -0.25) is 18.8 Å². The van der Waals surface area contributed by atoms with E-state index in [1.54, 1.807) is 17.7 Å². The highest BCUT2D eigenvalue weighted by atomic mass is 16.2. The van der Waals surface area contributed by atoms with E-state index in [4.69, 9.17) is 0 Å². The highest BCUT2D eigenvalue weighted by molar-refractivity contribution is 5.03. The summed E-state index contributed by atoms with van der Waals surface area (Å²) in [4.78, 5) is 26.2. The molecule has 6 nitrogen and oxygen atoms in total. The van der Waals surface area contributed by atoms with Crippen molar-refractivity contribution in [2.75, 3.05) is 20.1 Å². The molecular weight excluding hydrogens is 268 g/mol. The van der Waals surface area contributed by atoms with Gasteiger partial charge < -0.3 is 5.32 Å². The first-order valence-corrected chi connectivity index (χ1v) is 7.69. The van der Waals surface area contributed by atoms with Crippen LogP contribution in [-0.4, -0.2) is 40.2 Å². The summed E-state index contributed by atoms with van der Waals surface area (Å²) >= 11 is 0. The molecule has 1 saturated heterocycles. The van der Waals surface area contributed by atoms with Crippen molar-refractivity contribution < 1.29 is 0 Å². The highest BCUT2D eigenvalue weighted by Gasteiger charge is 2.23. The Morgan fingerprint density at radius 2 is 2.00 bits per heavy atom. The molecule has 1 atom stereocenters. The Bertz CT molecular complexity index is 590. The third-order valence-electron chi connectivity index (χ3n) is 4.47. The maximum Gasteiger partial charge on any atom is 0.330 e. The molecule has 0 amide bonds. The number of likely N-dealkylation sites (tertiary alicyclic amines) is 1. The number of hydrogen-bond acceptors (Lipinski definition) is 4. The van der Waals surface area contributed by atoms with Crippen molar-refractivity contribution in [2.24, 2.45) is 14.1 Å². The van der Waals surface area contributed by atoms with Crippen LogP contribution in [0, 0.1) is 0 Å². The molecule has 2 heterocycles. The molecule has 0 radical (unpaired) electrons. The van der Waals surface area contributed by atoms with Crippen molar-refractivity contribution in [3.05, 3.63) is 32.6 Å². The fraction of sp³-hybridized carbons (Fsp3) is 0.733. The zero-order chi connectivity index (χ0) is 15.4. The number of hydrogen-bond donors (Lipinski definition) is 1. The lowest BCUT2D eigenvalue weighted by Crippen LogP contribution is -2.43. The lowest BCUT2D eigenvalue weighted by atomic mass is 9.99. The molecular formula is C15H26N4O2. The first kappa shape index (κ1) is 16.0. The number of nitrogens with one attached hydrogen (secondary N) is 1. The molecule has 1 fully saturated rings. The smallest absolute Gasteiger partial charge is 0.320 e. The van der Waals surface area contributed by atoms with Crippen LogP contribution >= 0.6 is 0 Å². The quantitative estimate of drug-likeness (QED) is 0.833. The summed E-state index contributed by atoms with van der Waals surface area (Å²) in [7, 11) is 5.23. The van der Waals surface area contributed by atoms with Crippen LogP contribution in [0.3, 0.4) is 0 Å². The molecule has 1 aliphatic heterocycles. The largest absolute Gasteiger partial charge is 0.330 e. The molecule has 0 spiro atoms. The summed E-state index contributed by atoms with van der Waals surface area (Å²) in [6.07, 6.45) is 4.75. The van der Waals surface area contributed by atoms with Gasteiger partial charge in [0.15, 0.2) is 0 Å². The summed E-state index contributed by atoms with van der Waals surface area (Å²) in [5, 5.41) is 3.20. The molecule has 0 saturated carbocycles. The first-order valence-electron chi connectivity index (χ1n) is 7.69. The van der Waals surface area contributed by atoms with Crippen molar-refractivity contribution in [1.82, 2.24) is 19.4 Å². The van der Waals surface area contributed by atoms with Gasteiger partial charge in [-0.1, -0.05) is 6.42 Å². The maximum absolute atomic E-state index is 12.0. The predicted octanol–water partition coefficient (Wildman–Crippen LogP) is 0.0480. The molecule has 1 aromatic heterocycles. The van der Waals surface area contributed by atoms with Crippen LogP contribution in [0.1, 0.15) is 31.4 Å². The van der Waals surface area contributed by atoms with Gasteiger partial charge in [0.25, 0.3) is 5.56 Å². The van der Waals surface area contributed by atoms with Gasteiger partial charge in [0.2, 0.25) is 0 Å². The molecule has 0 bridgehead atoms. The van der Waals surface area contributed by atoms with Gasteiger partial charge in [-0.05, 0) is 39.4 Å². The Balaban J connectivity index is 2.19. The standard InChI is InChI=1S/C15H26N4O2/c1-16-8-7-12-6-4-5-9-19(12)11-13-10-14(20)18(3)15(21)17(13)2/h10,12,16H,4-9,11H2,1-3H3. The van der Waals surface area contributed by atoms with Gasteiger partial charge in [-0.25, -0.2) is 4.79 Å². The SMILES string of the molecule is CNCCC1CCCCN1Cc1cc(=O)n(C)c(=O)n1C. The van der Waals surface area contributed by atoms with Crippen LogP contribution < -0.4 is 16.6 Å². The fourth-order valence-electron chi connectivity index (χ4n) is 3.04. The topological polar surface area (TPSA) is 59.3 Å². The summed E-state index contributed by atoms with van der Waals surface area (Å²) in [6, 6.07) is 2.12. The molecule has 118 valence electrons. The van der Waals surface area contributed by atoms with Gasteiger partial charge >= 0.3 is 5.69 Å². The normalized spacial score (nSPS) is 19.9. The van der Waals surface area contributed by atoms with E-state index in [2.05, 4.69) is 10.2 Å². The average Bonchev–Trinajstić information content (AvgIpc) is 2.49. The van der Waals surface area contributed by atoms with E-state index >= 15 is 0 Å². The Labute approximate surface area is 125 Å². The van der Waals surface area contributed by atoms with Gasteiger partial charge in [0, 0.05) is 38.4 Å². The third kappa shape index (κ3) is 3.63. The summed E-state index contributed by atoms with van der Waals surface area (Å²) < 4.78 is 2.74. The van der Waals surface area contributed by atoms with Crippen LogP contribution in [0.15, 0.2) is 15.7 Å². The maximum atomic E-state index is 12.0. The van der Waals surface area contributed by atoms with Crippen LogP contribution in [-0.2, 0) is 20.6 Å². The second-order valence-electron chi connectivity index (χ2n) is 5.89. The second-order valence-corrected chi connectivity index (χ2v) is 5.89.